The highest BCUT2D eigenvalue weighted by Gasteiger charge is 2.44. The summed E-state index contributed by atoms with van der Waals surface area (Å²) in [6.07, 6.45) is -4.27. The lowest BCUT2D eigenvalue weighted by Gasteiger charge is -2.39. The summed E-state index contributed by atoms with van der Waals surface area (Å²) in [6, 6.07) is 9.05. The van der Waals surface area contributed by atoms with Gasteiger partial charge in [-0.3, -0.25) is 0 Å². The third-order valence-electron chi connectivity index (χ3n) is 6.09. The number of allylic oxidation sites excluding steroid dienone is 1. The smallest absolute Gasteiger partial charge is 0.187 e. The number of fused-ring (bicyclic) bond motifs is 3. The SMILES string of the molecule is COc1ccc2c(c1)CC=C(COC1OC(CO)C(O)C(O)C1O)c1cc(OC)c(O)cc1-2. The average molecular weight is 460 g/mol. The van der Waals surface area contributed by atoms with Gasteiger partial charge in [-0.05, 0) is 58.5 Å². The maximum Gasteiger partial charge on any atom is 0.187 e. The summed E-state index contributed by atoms with van der Waals surface area (Å²) >= 11 is 0. The Balaban J connectivity index is 1.67. The van der Waals surface area contributed by atoms with Gasteiger partial charge in [-0.25, -0.2) is 0 Å². The van der Waals surface area contributed by atoms with E-state index < -0.39 is 37.3 Å². The molecule has 2 aliphatic rings. The van der Waals surface area contributed by atoms with Gasteiger partial charge < -0.3 is 44.5 Å². The molecular weight excluding hydrogens is 432 g/mol. The van der Waals surface area contributed by atoms with Gasteiger partial charge in [0.25, 0.3) is 0 Å². The Hall–Kier alpha value is -2.66. The second-order valence-corrected chi connectivity index (χ2v) is 8.03. The van der Waals surface area contributed by atoms with Crippen molar-refractivity contribution in [2.75, 3.05) is 27.4 Å². The Morgan fingerprint density at radius 3 is 2.42 bits per heavy atom. The topological polar surface area (TPSA) is 138 Å². The van der Waals surface area contributed by atoms with Crippen LogP contribution in [0.4, 0.5) is 0 Å². The Kier molecular flexibility index (Phi) is 6.89. The molecule has 2 aromatic carbocycles. The van der Waals surface area contributed by atoms with Crippen molar-refractivity contribution in [3.8, 4) is 28.4 Å². The molecule has 0 saturated carbocycles. The van der Waals surface area contributed by atoms with Gasteiger partial charge in [-0.15, -0.1) is 0 Å². The Bertz CT molecular complexity index is 1030. The highest BCUT2D eigenvalue weighted by atomic mass is 16.7. The van der Waals surface area contributed by atoms with E-state index in [2.05, 4.69) is 0 Å². The number of ether oxygens (including phenoxy) is 4. The number of aliphatic hydroxyl groups excluding tert-OH is 4. The van der Waals surface area contributed by atoms with Gasteiger partial charge in [0.05, 0.1) is 27.4 Å². The molecule has 1 heterocycles. The molecule has 1 aliphatic heterocycles. The Morgan fingerprint density at radius 2 is 1.73 bits per heavy atom. The second kappa shape index (κ2) is 9.68. The molecule has 1 saturated heterocycles. The molecule has 9 nitrogen and oxygen atoms in total. The third kappa shape index (κ3) is 4.43. The predicted octanol–water partition coefficient (Wildman–Crippen LogP) is 0.832. The van der Waals surface area contributed by atoms with Gasteiger partial charge in [0.1, 0.15) is 30.2 Å². The number of rotatable bonds is 6. The van der Waals surface area contributed by atoms with Crippen molar-refractivity contribution in [1.82, 2.24) is 0 Å². The fourth-order valence-electron chi connectivity index (χ4n) is 4.21. The number of methoxy groups -OCH3 is 2. The average Bonchev–Trinajstić information content (AvgIpc) is 2.97. The molecular formula is C24H28O9. The van der Waals surface area contributed by atoms with Crippen molar-refractivity contribution >= 4 is 5.57 Å². The van der Waals surface area contributed by atoms with E-state index in [1.54, 1.807) is 19.2 Å². The number of hydrogen-bond acceptors (Lipinski definition) is 9. The van der Waals surface area contributed by atoms with E-state index in [0.29, 0.717) is 17.9 Å². The van der Waals surface area contributed by atoms with Gasteiger partial charge >= 0.3 is 0 Å². The first-order chi connectivity index (χ1) is 15.9. The zero-order valence-corrected chi connectivity index (χ0v) is 18.3. The lowest BCUT2D eigenvalue weighted by Crippen LogP contribution is -2.59. The van der Waals surface area contributed by atoms with E-state index in [1.165, 1.54) is 7.11 Å². The third-order valence-corrected chi connectivity index (χ3v) is 6.09. The highest BCUT2D eigenvalue weighted by molar-refractivity contribution is 5.87. The summed E-state index contributed by atoms with van der Waals surface area (Å²) in [5.74, 6) is 1.00. The minimum Gasteiger partial charge on any atom is -0.504 e. The number of phenols is 1. The number of hydrogen-bond donors (Lipinski definition) is 5. The van der Waals surface area contributed by atoms with Gasteiger partial charge in [-0.1, -0.05) is 12.1 Å². The van der Waals surface area contributed by atoms with Crippen molar-refractivity contribution in [2.24, 2.45) is 0 Å². The molecule has 5 atom stereocenters. The summed E-state index contributed by atoms with van der Waals surface area (Å²) in [7, 11) is 3.06. The molecule has 0 amide bonds. The zero-order valence-electron chi connectivity index (χ0n) is 18.3. The molecule has 178 valence electrons. The second-order valence-electron chi connectivity index (χ2n) is 8.03. The van der Waals surface area contributed by atoms with Crippen LogP contribution in [0.5, 0.6) is 17.2 Å². The predicted molar refractivity (Wildman–Crippen MR) is 118 cm³/mol. The molecule has 33 heavy (non-hydrogen) atoms. The fourth-order valence-corrected chi connectivity index (χ4v) is 4.21. The first kappa shape index (κ1) is 23.5. The molecule has 1 fully saturated rings. The molecule has 0 spiro atoms. The van der Waals surface area contributed by atoms with Crippen LogP contribution in [0, 0.1) is 0 Å². The minimum absolute atomic E-state index is 0.00521. The van der Waals surface area contributed by atoms with Crippen LogP contribution in [0.2, 0.25) is 0 Å². The monoisotopic (exact) mass is 460 g/mol. The van der Waals surface area contributed by atoms with E-state index in [1.807, 2.05) is 24.3 Å². The van der Waals surface area contributed by atoms with E-state index in [9.17, 15) is 25.5 Å². The summed E-state index contributed by atoms with van der Waals surface area (Å²) in [6.45, 7) is -0.543. The summed E-state index contributed by atoms with van der Waals surface area (Å²) in [5.41, 5.74) is 4.19. The number of aliphatic hydroxyl groups is 4. The zero-order chi connectivity index (χ0) is 23.7. The Morgan fingerprint density at radius 1 is 0.939 bits per heavy atom. The highest BCUT2D eigenvalue weighted by Crippen LogP contribution is 2.42. The summed E-state index contributed by atoms with van der Waals surface area (Å²) in [4.78, 5) is 0. The molecule has 2 aromatic rings. The van der Waals surface area contributed by atoms with Crippen molar-refractivity contribution in [1.29, 1.82) is 0 Å². The van der Waals surface area contributed by atoms with Gasteiger partial charge in [0.15, 0.2) is 17.8 Å². The van der Waals surface area contributed by atoms with Crippen molar-refractivity contribution < 1.29 is 44.5 Å². The summed E-state index contributed by atoms with van der Waals surface area (Å²) in [5, 5.41) is 50.1. The first-order valence-electron chi connectivity index (χ1n) is 10.6. The minimum atomic E-state index is -1.52. The van der Waals surface area contributed by atoms with E-state index in [-0.39, 0.29) is 12.4 Å². The molecule has 0 aromatic heterocycles. The fraction of sp³-hybridized carbons (Fsp3) is 0.417. The molecule has 4 rings (SSSR count). The quantitative estimate of drug-likeness (QED) is 0.424. The van der Waals surface area contributed by atoms with Gasteiger partial charge in [0, 0.05) is 0 Å². The molecule has 5 N–H and O–H groups in total. The van der Waals surface area contributed by atoms with Crippen LogP contribution >= 0.6 is 0 Å². The van der Waals surface area contributed by atoms with Gasteiger partial charge in [0.2, 0.25) is 0 Å². The van der Waals surface area contributed by atoms with Crippen LogP contribution in [0.1, 0.15) is 11.1 Å². The largest absolute Gasteiger partial charge is 0.504 e. The normalized spacial score (nSPS) is 26.6. The molecule has 0 bridgehead atoms. The first-order valence-corrected chi connectivity index (χ1v) is 10.6. The number of phenolic OH excluding ortho intramolecular Hbond substituents is 1. The van der Waals surface area contributed by atoms with Crippen molar-refractivity contribution in [3.63, 3.8) is 0 Å². The van der Waals surface area contributed by atoms with Crippen LogP contribution < -0.4 is 9.47 Å². The van der Waals surface area contributed by atoms with Gasteiger partial charge in [-0.2, -0.15) is 0 Å². The van der Waals surface area contributed by atoms with E-state index in [0.717, 1.165) is 27.8 Å². The van der Waals surface area contributed by atoms with E-state index >= 15 is 0 Å². The standard InChI is InChI=1S/C24H28O9/c1-30-14-5-6-15-12(7-14)3-4-13(16-9-19(31-2)18(26)8-17(15)16)11-32-24-23(29)22(28)21(27)20(10-25)33-24/h4-9,20-29H,3,10-11H2,1-2H3. The Labute approximate surface area is 191 Å². The van der Waals surface area contributed by atoms with Crippen LogP contribution in [-0.2, 0) is 15.9 Å². The lowest BCUT2D eigenvalue weighted by molar-refractivity contribution is -0.297. The molecule has 1 aliphatic carbocycles. The maximum atomic E-state index is 10.4. The maximum absolute atomic E-state index is 10.4. The van der Waals surface area contributed by atoms with E-state index in [4.69, 9.17) is 18.9 Å². The molecule has 0 radical (unpaired) electrons. The van der Waals surface area contributed by atoms with Crippen LogP contribution in [-0.4, -0.2) is 83.7 Å². The number of benzene rings is 2. The van der Waals surface area contributed by atoms with Crippen LogP contribution in [0.3, 0.4) is 0 Å². The lowest BCUT2D eigenvalue weighted by atomic mass is 9.93. The summed E-state index contributed by atoms with van der Waals surface area (Å²) < 4.78 is 21.9. The van der Waals surface area contributed by atoms with Crippen LogP contribution in [0.15, 0.2) is 36.4 Å². The number of aromatic hydroxyl groups is 1. The van der Waals surface area contributed by atoms with Crippen LogP contribution in [0.25, 0.3) is 16.7 Å². The molecule has 9 heteroatoms. The van der Waals surface area contributed by atoms with Crippen molar-refractivity contribution in [3.05, 3.63) is 47.5 Å². The van der Waals surface area contributed by atoms with Crippen molar-refractivity contribution in [2.45, 2.75) is 37.1 Å². The molecule has 5 unspecified atom stereocenters.